The number of anilines is 1. The molecule has 0 unspecified atom stereocenters. The predicted octanol–water partition coefficient (Wildman–Crippen LogP) is 1.73. The van der Waals surface area contributed by atoms with E-state index in [2.05, 4.69) is 21.8 Å². The average Bonchev–Trinajstić information content (AvgIpc) is 2.30. The number of aromatic nitrogens is 2. The topological polar surface area (TPSA) is 49.2 Å². The second kappa shape index (κ2) is 4.55. The minimum atomic E-state index is 0.0628. The van der Waals surface area contributed by atoms with Gasteiger partial charge in [0.15, 0.2) is 0 Å². The summed E-state index contributed by atoms with van der Waals surface area (Å²) < 4.78 is 0. The Morgan fingerprint density at radius 2 is 2.12 bits per heavy atom. The van der Waals surface area contributed by atoms with Crippen LogP contribution in [-0.2, 0) is 0 Å². The largest absolute Gasteiger partial charge is 0.396 e. The van der Waals surface area contributed by atoms with E-state index in [0.29, 0.717) is 5.15 Å². The van der Waals surface area contributed by atoms with Crippen LogP contribution in [0.5, 0.6) is 0 Å². The molecule has 1 fully saturated rings. The first kappa shape index (κ1) is 11.6. The molecule has 1 aliphatic heterocycles. The van der Waals surface area contributed by atoms with Crippen LogP contribution in [0.25, 0.3) is 0 Å². The van der Waals surface area contributed by atoms with Crippen molar-refractivity contribution in [2.45, 2.75) is 19.8 Å². The van der Waals surface area contributed by atoms with Gasteiger partial charge in [0.25, 0.3) is 0 Å². The monoisotopic (exact) mass is 241 g/mol. The number of hydrogen-bond acceptors (Lipinski definition) is 4. The van der Waals surface area contributed by atoms with Crippen molar-refractivity contribution in [1.29, 1.82) is 0 Å². The third-order valence-electron chi connectivity index (χ3n) is 3.30. The standard InChI is InChI=1S/C11H16ClN3O/c1-11(7-16)2-4-15(5-3-11)10-6-9(12)13-8-14-10/h6,8,16H,2-5,7H2,1H3. The molecule has 1 N–H and O–H groups in total. The summed E-state index contributed by atoms with van der Waals surface area (Å²) in [6, 6.07) is 1.78. The van der Waals surface area contributed by atoms with Gasteiger partial charge in [-0.15, -0.1) is 0 Å². The van der Waals surface area contributed by atoms with E-state index < -0.39 is 0 Å². The van der Waals surface area contributed by atoms with Crippen molar-refractivity contribution >= 4 is 17.4 Å². The Labute approximate surface area is 100 Å². The van der Waals surface area contributed by atoms with Crippen LogP contribution < -0.4 is 4.90 Å². The zero-order valence-electron chi connectivity index (χ0n) is 9.36. The van der Waals surface area contributed by atoms with Crippen molar-refractivity contribution in [3.05, 3.63) is 17.5 Å². The first-order valence-electron chi connectivity index (χ1n) is 5.46. The van der Waals surface area contributed by atoms with Gasteiger partial charge in [-0.05, 0) is 18.3 Å². The highest BCUT2D eigenvalue weighted by Crippen LogP contribution is 2.31. The first-order chi connectivity index (χ1) is 7.63. The molecular weight excluding hydrogens is 226 g/mol. The Morgan fingerprint density at radius 3 is 2.69 bits per heavy atom. The molecule has 0 amide bonds. The molecule has 0 aromatic carbocycles. The highest BCUT2D eigenvalue weighted by atomic mass is 35.5. The molecule has 1 aromatic heterocycles. The van der Waals surface area contributed by atoms with Crippen LogP contribution in [-0.4, -0.2) is 34.8 Å². The fourth-order valence-corrected chi connectivity index (χ4v) is 2.07. The number of hydrogen-bond donors (Lipinski definition) is 1. The molecule has 16 heavy (non-hydrogen) atoms. The van der Waals surface area contributed by atoms with E-state index in [9.17, 15) is 5.11 Å². The lowest BCUT2D eigenvalue weighted by molar-refractivity contribution is 0.114. The highest BCUT2D eigenvalue weighted by Gasteiger charge is 2.29. The smallest absolute Gasteiger partial charge is 0.134 e. The van der Waals surface area contributed by atoms with E-state index in [0.717, 1.165) is 31.7 Å². The molecule has 4 nitrogen and oxygen atoms in total. The molecule has 0 bridgehead atoms. The number of piperidine rings is 1. The van der Waals surface area contributed by atoms with Crippen molar-refractivity contribution in [1.82, 2.24) is 9.97 Å². The van der Waals surface area contributed by atoms with Crippen molar-refractivity contribution in [3.8, 4) is 0 Å². The number of rotatable bonds is 2. The van der Waals surface area contributed by atoms with Crippen molar-refractivity contribution in [3.63, 3.8) is 0 Å². The Balaban J connectivity index is 2.04. The second-order valence-corrected chi connectivity index (χ2v) is 5.04. The van der Waals surface area contributed by atoms with Gasteiger partial charge in [-0.3, -0.25) is 0 Å². The molecule has 1 aromatic rings. The van der Waals surface area contributed by atoms with Gasteiger partial charge in [0.2, 0.25) is 0 Å². The van der Waals surface area contributed by atoms with E-state index in [4.69, 9.17) is 11.6 Å². The molecule has 88 valence electrons. The Hall–Kier alpha value is -0.870. The minimum absolute atomic E-state index is 0.0628. The van der Waals surface area contributed by atoms with Gasteiger partial charge in [0.1, 0.15) is 17.3 Å². The zero-order chi connectivity index (χ0) is 11.6. The van der Waals surface area contributed by atoms with Gasteiger partial charge in [-0.25, -0.2) is 9.97 Å². The second-order valence-electron chi connectivity index (χ2n) is 4.65. The van der Waals surface area contributed by atoms with Crippen LogP contribution in [0, 0.1) is 5.41 Å². The van der Waals surface area contributed by atoms with Gasteiger partial charge in [0.05, 0.1) is 0 Å². The summed E-state index contributed by atoms with van der Waals surface area (Å²) in [5.74, 6) is 0.875. The lowest BCUT2D eigenvalue weighted by Crippen LogP contribution is -2.40. The zero-order valence-corrected chi connectivity index (χ0v) is 10.1. The van der Waals surface area contributed by atoms with Crippen LogP contribution in [0.4, 0.5) is 5.82 Å². The van der Waals surface area contributed by atoms with Gasteiger partial charge >= 0.3 is 0 Å². The Morgan fingerprint density at radius 1 is 1.44 bits per heavy atom. The summed E-state index contributed by atoms with van der Waals surface area (Å²) in [5.41, 5.74) is 0.0628. The number of aliphatic hydroxyl groups excluding tert-OH is 1. The van der Waals surface area contributed by atoms with Crippen LogP contribution in [0.15, 0.2) is 12.4 Å². The van der Waals surface area contributed by atoms with Crippen LogP contribution in [0.3, 0.4) is 0 Å². The van der Waals surface area contributed by atoms with Crippen molar-refractivity contribution in [2.24, 2.45) is 5.41 Å². The third-order valence-corrected chi connectivity index (χ3v) is 3.50. The van der Waals surface area contributed by atoms with Gasteiger partial charge < -0.3 is 10.0 Å². The van der Waals surface area contributed by atoms with Crippen molar-refractivity contribution < 1.29 is 5.11 Å². The molecule has 5 heteroatoms. The molecule has 1 aliphatic rings. The fourth-order valence-electron chi connectivity index (χ4n) is 1.93. The molecule has 2 heterocycles. The molecule has 0 saturated carbocycles. The van der Waals surface area contributed by atoms with Gasteiger partial charge in [-0.2, -0.15) is 0 Å². The van der Waals surface area contributed by atoms with Crippen LogP contribution in [0.1, 0.15) is 19.8 Å². The van der Waals surface area contributed by atoms with Crippen LogP contribution in [0.2, 0.25) is 5.15 Å². The van der Waals surface area contributed by atoms with E-state index in [1.165, 1.54) is 6.33 Å². The van der Waals surface area contributed by atoms with E-state index >= 15 is 0 Å². The molecule has 0 aliphatic carbocycles. The SMILES string of the molecule is CC1(CO)CCN(c2cc(Cl)ncn2)CC1. The third kappa shape index (κ3) is 2.44. The summed E-state index contributed by atoms with van der Waals surface area (Å²) in [6.07, 6.45) is 3.44. The van der Waals surface area contributed by atoms with Gasteiger partial charge in [0, 0.05) is 25.8 Å². The molecule has 1 saturated heterocycles. The summed E-state index contributed by atoms with van der Waals surface area (Å²) in [7, 11) is 0. The predicted molar refractivity (Wildman–Crippen MR) is 63.7 cm³/mol. The quantitative estimate of drug-likeness (QED) is 0.802. The minimum Gasteiger partial charge on any atom is -0.396 e. The molecule has 0 atom stereocenters. The first-order valence-corrected chi connectivity index (χ1v) is 5.84. The van der Waals surface area contributed by atoms with Gasteiger partial charge in [-0.1, -0.05) is 18.5 Å². The van der Waals surface area contributed by atoms with Crippen molar-refractivity contribution in [2.75, 3.05) is 24.6 Å². The summed E-state index contributed by atoms with van der Waals surface area (Å²) in [5, 5.41) is 9.76. The lowest BCUT2D eigenvalue weighted by Gasteiger charge is -2.38. The van der Waals surface area contributed by atoms with E-state index in [1.807, 2.05) is 0 Å². The summed E-state index contributed by atoms with van der Waals surface area (Å²) in [6.45, 7) is 4.19. The average molecular weight is 242 g/mol. The Kier molecular flexibility index (Phi) is 3.30. The maximum atomic E-state index is 9.29. The Bertz CT molecular complexity index is 364. The fraction of sp³-hybridized carbons (Fsp3) is 0.636. The number of halogens is 1. The lowest BCUT2D eigenvalue weighted by atomic mass is 9.81. The van der Waals surface area contributed by atoms with Crippen LogP contribution >= 0.6 is 11.6 Å². The van der Waals surface area contributed by atoms with E-state index in [1.54, 1.807) is 6.07 Å². The molecule has 2 rings (SSSR count). The molecule has 0 spiro atoms. The molecular formula is C11H16ClN3O. The maximum absolute atomic E-state index is 9.29. The number of aliphatic hydroxyl groups is 1. The summed E-state index contributed by atoms with van der Waals surface area (Å²) in [4.78, 5) is 10.3. The molecule has 0 radical (unpaired) electrons. The highest BCUT2D eigenvalue weighted by molar-refractivity contribution is 6.29. The summed E-state index contributed by atoms with van der Waals surface area (Å²) >= 11 is 5.83. The number of nitrogens with zero attached hydrogens (tertiary/aromatic N) is 3. The van der Waals surface area contributed by atoms with E-state index in [-0.39, 0.29) is 12.0 Å². The normalized spacial score (nSPS) is 19.8. The maximum Gasteiger partial charge on any atom is 0.134 e.